The van der Waals surface area contributed by atoms with Crippen molar-refractivity contribution in [1.82, 2.24) is 4.98 Å². The van der Waals surface area contributed by atoms with E-state index in [0.717, 1.165) is 41.1 Å². The summed E-state index contributed by atoms with van der Waals surface area (Å²) in [5, 5.41) is 6.11. The summed E-state index contributed by atoms with van der Waals surface area (Å²) < 4.78 is 0. The van der Waals surface area contributed by atoms with Gasteiger partial charge >= 0.3 is 0 Å². The molecule has 1 aromatic heterocycles. The van der Waals surface area contributed by atoms with E-state index in [1.807, 2.05) is 31.2 Å². The quantitative estimate of drug-likeness (QED) is 0.904. The molecule has 4 nitrogen and oxygen atoms in total. The van der Waals surface area contributed by atoms with Gasteiger partial charge in [0.1, 0.15) is 0 Å². The zero-order valence-electron chi connectivity index (χ0n) is 13.7. The fraction of sp³-hybridized carbons (Fsp3) is 0.444. The molecule has 0 unspecified atom stereocenters. The van der Waals surface area contributed by atoms with Crippen molar-refractivity contribution in [2.75, 3.05) is 23.3 Å². The van der Waals surface area contributed by atoms with Gasteiger partial charge in [-0.2, -0.15) is 0 Å². The van der Waals surface area contributed by atoms with Crippen molar-refractivity contribution >= 4 is 28.1 Å². The number of benzene rings is 1. The van der Waals surface area contributed by atoms with Gasteiger partial charge in [0.15, 0.2) is 5.13 Å². The van der Waals surface area contributed by atoms with E-state index in [1.54, 1.807) is 11.3 Å². The first kappa shape index (κ1) is 16.0. The van der Waals surface area contributed by atoms with Crippen molar-refractivity contribution in [3.8, 4) is 11.3 Å². The van der Waals surface area contributed by atoms with Crippen molar-refractivity contribution in [1.29, 1.82) is 0 Å². The van der Waals surface area contributed by atoms with Crippen LogP contribution in [0, 0.1) is 5.92 Å². The predicted octanol–water partition coefficient (Wildman–Crippen LogP) is 4.39. The average molecular weight is 329 g/mol. The van der Waals surface area contributed by atoms with Crippen LogP contribution in [0.3, 0.4) is 0 Å². The Kier molecular flexibility index (Phi) is 4.96. The van der Waals surface area contributed by atoms with Gasteiger partial charge in [0.05, 0.1) is 5.69 Å². The molecule has 0 spiro atoms. The predicted molar refractivity (Wildman–Crippen MR) is 97.1 cm³/mol. The minimum absolute atomic E-state index is 0.0351. The van der Waals surface area contributed by atoms with Gasteiger partial charge in [0.25, 0.3) is 0 Å². The Morgan fingerprint density at radius 3 is 2.87 bits per heavy atom. The summed E-state index contributed by atoms with van der Waals surface area (Å²) in [5.74, 6) is 0.783. The lowest BCUT2D eigenvalue weighted by Gasteiger charge is -2.30. The number of anilines is 2. The van der Waals surface area contributed by atoms with Crippen molar-refractivity contribution in [3.05, 3.63) is 29.6 Å². The number of amides is 1. The zero-order chi connectivity index (χ0) is 16.2. The summed E-state index contributed by atoms with van der Waals surface area (Å²) in [6.07, 6.45) is 3.06. The molecule has 23 heavy (non-hydrogen) atoms. The highest BCUT2D eigenvalue weighted by molar-refractivity contribution is 7.14. The first-order valence-corrected chi connectivity index (χ1v) is 9.14. The van der Waals surface area contributed by atoms with Crippen LogP contribution in [-0.2, 0) is 4.79 Å². The minimum Gasteiger partial charge on any atom is -0.348 e. The van der Waals surface area contributed by atoms with E-state index in [9.17, 15) is 4.79 Å². The summed E-state index contributed by atoms with van der Waals surface area (Å²) in [6.45, 7) is 6.38. The number of hydrogen-bond donors (Lipinski definition) is 1. The van der Waals surface area contributed by atoms with Crippen LogP contribution in [-0.4, -0.2) is 24.0 Å². The number of hydrogen-bond acceptors (Lipinski definition) is 4. The molecule has 1 atom stereocenters. The van der Waals surface area contributed by atoms with Gasteiger partial charge in [-0.3, -0.25) is 4.79 Å². The topological polar surface area (TPSA) is 45.2 Å². The van der Waals surface area contributed by atoms with Gasteiger partial charge in [-0.25, -0.2) is 4.98 Å². The number of carbonyl (C=O) groups excluding carboxylic acids is 1. The third kappa shape index (κ3) is 3.91. The first-order valence-electron chi connectivity index (χ1n) is 8.26. The molecule has 0 saturated carbocycles. The molecule has 2 heterocycles. The second-order valence-corrected chi connectivity index (χ2v) is 7.02. The van der Waals surface area contributed by atoms with Crippen LogP contribution in [0.4, 0.5) is 10.8 Å². The van der Waals surface area contributed by atoms with Crippen LogP contribution in [0.1, 0.15) is 33.1 Å². The molecule has 3 rings (SSSR count). The molecule has 2 aromatic rings. The molecule has 1 saturated heterocycles. The highest BCUT2D eigenvalue weighted by Crippen LogP contribution is 2.30. The van der Waals surface area contributed by atoms with Crippen LogP contribution < -0.4 is 10.2 Å². The molecule has 1 aliphatic heterocycles. The van der Waals surface area contributed by atoms with E-state index in [2.05, 4.69) is 22.5 Å². The van der Waals surface area contributed by atoms with Gasteiger partial charge < -0.3 is 10.2 Å². The SMILES string of the molecule is CCC(=O)Nc1ccc(-c2csc(N3CCC[C@H](C)C3)n2)cc1. The van der Waals surface area contributed by atoms with E-state index in [0.29, 0.717) is 6.42 Å². The van der Waals surface area contributed by atoms with Crippen LogP contribution in [0.5, 0.6) is 0 Å². The van der Waals surface area contributed by atoms with Gasteiger partial charge in [-0.1, -0.05) is 26.0 Å². The van der Waals surface area contributed by atoms with E-state index < -0.39 is 0 Å². The van der Waals surface area contributed by atoms with Crippen molar-refractivity contribution < 1.29 is 4.79 Å². The van der Waals surface area contributed by atoms with E-state index in [1.165, 1.54) is 12.8 Å². The molecule has 122 valence electrons. The van der Waals surface area contributed by atoms with E-state index >= 15 is 0 Å². The van der Waals surface area contributed by atoms with Gasteiger partial charge in [-0.05, 0) is 30.9 Å². The molecule has 1 N–H and O–H groups in total. The minimum atomic E-state index is 0.0351. The third-order valence-corrected chi connectivity index (χ3v) is 5.11. The summed E-state index contributed by atoms with van der Waals surface area (Å²) in [6, 6.07) is 7.90. The molecule has 1 aliphatic rings. The molecule has 0 radical (unpaired) electrons. The lowest BCUT2D eigenvalue weighted by atomic mass is 10.0. The van der Waals surface area contributed by atoms with Crippen LogP contribution >= 0.6 is 11.3 Å². The van der Waals surface area contributed by atoms with Crippen molar-refractivity contribution in [3.63, 3.8) is 0 Å². The first-order chi connectivity index (χ1) is 11.2. The standard InChI is InChI=1S/C18H23N3OS/c1-3-17(22)19-15-8-6-14(7-9-15)16-12-23-18(20-16)21-10-4-5-13(2)11-21/h6-9,12-13H,3-5,10-11H2,1-2H3,(H,19,22)/t13-/m0/s1. The van der Waals surface area contributed by atoms with Crippen LogP contribution in [0.2, 0.25) is 0 Å². The van der Waals surface area contributed by atoms with Crippen LogP contribution in [0.25, 0.3) is 11.3 Å². The van der Waals surface area contributed by atoms with Gasteiger partial charge in [0, 0.05) is 36.1 Å². The average Bonchev–Trinajstić information content (AvgIpc) is 3.05. The number of thiazole rings is 1. The Morgan fingerprint density at radius 2 is 2.17 bits per heavy atom. The van der Waals surface area contributed by atoms with E-state index in [-0.39, 0.29) is 5.91 Å². The maximum atomic E-state index is 11.4. The molecule has 0 aliphatic carbocycles. The number of carbonyl (C=O) groups is 1. The Bertz CT molecular complexity index is 665. The molecular formula is C18H23N3OS. The molecule has 5 heteroatoms. The normalized spacial score (nSPS) is 18.0. The second kappa shape index (κ2) is 7.13. The second-order valence-electron chi connectivity index (χ2n) is 6.19. The summed E-state index contributed by atoms with van der Waals surface area (Å²) in [5.41, 5.74) is 2.93. The lowest BCUT2D eigenvalue weighted by Crippen LogP contribution is -2.34. The van der Waals surface area contributed by atoms with Gasteiger partial charge in [-0.15, -0.1) is 11.3 Å². The Balaban J connectivity index is 1.71. The highest BCUT2D eigenvalue weighted by Gasteiger charge is 2.19. The summed E-state index contributed by atoms with van der Waals surface area (Å²) >= 11 is 1.72. The molecule has 1 fully saturated rings. The Labute approximate surface area is 141 Å². The smallest absolute Gasteiger partial charge is 0.224 e. The van der Waals surface area contributed by atoms with Crippen molar-refractivity contribution in [2.45, 2.75) is 33.1 Å². The van der Waals surface area contributed by atoms with Gasteiger partial charge in [0.2, 0.25) is 5.91 Å². The molecule has 1 aromatic carbocycles. The maximum Gasteiger partial charge on any atom is 0.224 e. The van der Waals surface area contributed by atoms with Crippen molar-refractivity contribution in [2.24, 2.45) is 5.92 Å². The Hall–Kier alpha value is -1.88. The number of rotatable bonds is 4. The fourth-order valence-corrected chi connectivity index (χ4v) is 3.75. The number of aromatic nitrogens is 1. The van der Waals surface area contributed by atoms with E-state index in [4.69, 9.17) is 4.98 Å². The lowest BCUT2D eigenvalue weighted by molar-refractivity contribution is -0.115. The molecule has 0 bridgehead atoms. The zero-order valence-corrected chi connectivity index (χ0v) is 14.5. The third-order valence-electron chi connectivity index (χ3n) is 4.21. The summed E-state index contributed by atoms with van der Waals surface area (Å²) in [4.78, 5) is 18.6. The monoisotopic (exact) mass is 329 g/mol. The summed E-state index contributed by atoms with van der Waals surface area (Å²) in [7, 11) is 0. The highest BCUT2D eigenvalue weighted by atomic mass is 32.1. The number of piperidine rings is 1. The maximum absolute atomic E-state index is 11.4. The van der Waals surface area contributed by atoms with Crippen LogP contribution in [0.15, 0.2) is 29.6 Å². The Morgan fingerprint density at radius 1 is 1.39 bits per heavy atom. The molecule has 1 amide bonds. The molecular weight excluding hydrogens is 306 g/mol. The number of nitrogens with one attached hydrogen (secondary N) is 1. The number of nitrogens with zero attached hydrogens (tertiary/aromatic N) is 2. The fourth-order valence-electron chi connectivity index (χ4n) is 2.88. The largest absolute Gasteiger partial charge is 0.348 e.